The van der Waals surface area contributed by atoms with Crippen LogP contribution in [0, 0.1) is 19.7 Å². The average molecular weight is 377 g/mol. The molecule has 0 amide bonds. The lowest BCUT2D eigenvalue weighted by atomic mass is 10.1. The maximum absolute atomic E-state index is 15.0. The molecule has 1 aliphatic heterocycles. The molecule has 142 valence electrons. The van der Waals surface area contributed by atoms with Crippen LogP contribution < -0.4 is 10.2 Å². The first kappa shape index (κ1) is 17.0. The van der Waals surface area contributed by atoms with E-state index >= 15 is 0 Å². The van der Waals surface area contributed by atoms with Gasteiger partial charge in [0, 0.05) is 37.1 Å². The average Bonchev–Trinajstić information content (AvgIpc) is 3.09. The van der Waals surface area contributed by atoms with Gasteiger partial charge in [-0.2, -0.15) is 5.10 Å². The molecule has 1 aromatic carbocycles. The van der Waals surface area contributed by atoms with E-state index in [0.717, 1.165) is 43.1 Å². The third-order valence-electron chi connectivity index (χ3n) is 5.11. The molecular weight excluding hydrogens is 357 g/mol. The van der Waals surface area contributed by atoms with E-state index < -0.39 is 0 Å². The maximum Gasteiger partial charge on any atom is 0.156 e. The first-order chi connectivity index (χ1) is 13.6. The van der Waals surface area contributed by atoms with E-state index in [9.17, 15) is 4.39 Å². The molecule has 1 aliphatic rings. The molecule has 0 radical (unpaired) electrons. The van der Waals surface area contributed by atoms with Gasteiger partial charge >= 0.3 is 0 Å². The fourth-order valence-corrected chi connectivity index (χ4v) is 3.67. The maximum atomic E-state index is 15.0. The van der Waals surface area contributed by atoms with Gasteiger partial charge in [0.15, 0.2) is 11.5 Å². The summed E-state index contributed by atoms with van der Waals surface area (Å²) in [6.45, 7) is 7.37. The van der Waals surface area contributed by atoms with Crippen molar-refractivity contribution in [3.63, 3.8) is 0 Å². The van der Waals surface area contributed by atoms with E-state index in [1.165, 1.54) is 6.07 Å². The van der Waals surface area contributed by atoms with E-state index in [1.807, 2.05) is 32.2 Å². The van der Waals surface area contributed by atoms with Crippen LogP contribution in [0.4, 0.5) is 10.2 Å². The quantitative estimate of drug-likeness (QED) is 0.579. The van der Waals surface area contributed by atoms with Gasteiger partial charge in [0.1, 0.15) is 5.82 Å². The van der Waals surface area contributed by atoms with Gasteiger partial charge in [-0.3, -0.25) is 0 Å². The Balaban J connectivity index is 1.59. The minimum Gasteiger partial charge on any atom is -0.353 e. The molecule has 1 N–H and O–H groups in total. The monoisotopic (exact) mass is 377 g/mol. The van der Waals surface area contributed by atoms with Crippen LogP contribution in [0.15, 0.2) is 30.5 Å². The summed E-state index contributed by atoms with van der Waals surface area (Å²) in [6.07, 6.45) is 1.86. The summed E-state index contributed by atoms with van der Waals surface area (Å²) in [5, 5.41) is 17.0. The van der Waals surface area contributed by atoms with Crippen molar-refractivity contribution in [2.75, 3.05) is 31.1 Å². The van der Waals surface area contributed by atoms with Crippen molar-refractivity contribution >= 4 is 22.4 Å². The predicted molar refractivity (Wildman–Crippen MR) is 106 cm³/mol. The molecule has 0 atom stereocenters. The number of piperazine rings is 1. The number of rotatable bonds is 2. The van der Waals surface area contributed by atoms with Crippen molar-refractivity contribution in [3.05, 3.63) is 47.5 Å². The number of aromatic nitrogens is 5. The van der Waals surface area contributed by atoms with Gasteiger partial charge in [-0.15, -0.1) is 10.2 Å². The molecule has 1 fully saturated rings. The number of aryl methyl sites for hydroxylation is 2. The van der Waals surface area contributed by atoms with E-state index in [0.29, 0.717) is 28.0 Å². The van der Waals surface area contributed by atoms with Crippen molar-refractivity contribution in [1.82, 2.24) is 30.1 Å². The molecule has 0 aliphatic carbocycles. The molecule has 0 spiro atoms. The van der Waals surface area contributed by atoms with Crippen molar-refractivity contribution in [3.8, 4) is 11.3 Å². The first-order valence-electron chi connectivity index (χ1n) is 9.35. The van der Waals surface area contributed by atoms with E-state index in [-0.39, 0.29) is 5.82 Å². The van der Waals surface area contributed by atoms with Gasteiger partial charge in [0.05, 0.1) is 23.1 Å². The number of halogens is 1. The van der Waals surface area contributed by atoms with Crippen LogP contribution in [0.5, 0.6) is 0 Å². The summed E-state index contributed by atoms with van der Waals surface area (Å²) in [7, 11) is 0. The highest BCUT2D eigenvalue weighted by molar-refractivity contribution is 5.85. The Kier molecular flexibility index (Phi) is 3.94. The highest BCUT2D eigenvalue weighted by Crippen LogP contribution is 2.27. The molecule has 5 rings (SSSR count). The number of hydrogen-bond acceptors (Lipinski definition) is 6. The Morgan fingerprint density at radius 3 is 2.68 bits per heavy atom. The Labute approximate surface area is 161 Å². The lowest BCUT2D eigenvalue weighted by Gasteiger charge is -2.28. The summed E-state index contributed by atoms with van der Waals surface area (Å²) in [6, 6.07) is 7.06. The fourth-order valence-electron chi connectivity index (χ4n) is 3.67. The van der Waals surface area contributed by atoms with Gasteiger partial charge in [-0.1, -0.05) is 0 Å². The fraction of sp³-hybridized carbons (Fsp3) is 0.300. The minimum atomic E-state index is -0.319. The van der Waals surface area contributed by atoms with Gasteiger partial charge in [0.25, 0.3) is 0 Å². The predicted octanol–water partition coefficient (Wildman–Crippen LogP) is 2.51. The Hall–Kier alpha value is -3.13. The number of fused-ring (bicyclic) bond motifs is 2. The van der Waals surface area contributed by atoms with Gasteiger partial charge in [-0.05, 0) is 43.7 Å². The van der Waals surface area contributed by atoms with Crippen molar-refractivity contribution in [2.45, 2.75) is 13.8 Å². The summed E-state index contributed by atoms with van der Waals surface area (Å²) in [5.74, 6) is 0.394. The highest BCUT2D eigenvalue weighted by atomic mass is 19.1. The standard InChI is InChI=1S/C20H20FN7/c1-12-7-17(26-28-11-13(2)23-20(12)28)14-8-16(21)15-10-19(25-24-18(15)9-14)27-5-3-22-4-6-27/h7-11,22H,3-6H2,1-2H3. The summed E-state index contributed by atoms with van der Waals surface area (Å²) >= 11 is 0. The zero-order valence-corrected chi connectivity index (χ0v) is 15.8. The van der Waals surface area contributed by atoms with Crippen LogP contribution in [0.2, 0.25) is 0 Å². The van der Waals surface area contributed by atoms with Crippen molar-refractivity contribution in [1.29, 1.82) is 0 Å². The number of imidazole rings is 1. The van der Waals surface area contributed by atoms with E-state index in [1.54, 1.807) is 10.6 Å². The minimum absolute atomic E-state index is 0.319. The zero-order valence-electron chi connectivity index (χ0n) is 15.8. The van der Waals surface area contributed by atoms with Crippen LogP contribution in [0.1, 0.15) is 11.3 Å². The molecule has 28 heavy (non-hydrogen) atoms. The largest absolute Gasteiger partial charge is 0.353 e. The van der Waals surface area contributed by atoms with Crippen molar-refractivity contribution in [2.24, 2.45) is 0 Å². The molecule has 4 aromatic rings. The lowest BCUT2D eigenvalue weighted by Crippen LogP contribution is -2.43. The lowest BCUT2D eigenvalue weighted by molar-refractivity contribution is 0.583. The second kappa shape index (κ2) is 6.49. The van der Waals surface area contributed by atoms with Crippen LogP contribution >= 0.6 is 0 Å². The number of benzene rings is 1. The summed E-state index contributed by atoms with van der Waals surface area (Å²) in [5.41, 5.74) is 4.56. The first-order valence-corrected chi connectivity index (χ1v) is 9.35. The van der Waals surface area contributed by atoms with Gasteiger partial charge in [0.2, 0.25) is 0 Å². The Morgan fingerprint density at radius 2 is 1.86 bits per heavy atom. The molecule has 0 bridgehead atoms. The van der Waals surface area contributed by atoms with Gasteiger partial charge < -0.3 is 10.2 Å². The number of nitrogens with one attached hydrogen (secondary N) is 1. The summed E-state index contributed by atoms with van der Waals surface area (Å²) < 4.78 is 16.7. The molecule has 4 heterocycles. The summed E-state index contributed by atoms with van der Waals surface area (Å²) in [4.78, 5) is 6.59. The molecule has 1 saturated heterocycles. The second-order valence-corrected chi connectivity index (χ2v) is 7.19. The zero-order chi connectivity index (χ0) is 19.3. The molecule has 0 saturated carbocycles. The van der Waals surface area contributed by atoms with Crippen LogP contribution in [0.3, 0.4) is 0 Å². The molecule has 8 heteroatoms. The SMILES string of the molecule is Cc1cn2nc(-c3cc(F)c4cc(N5CCNCC5)nnc4c3)cc(C)c2n1. The Morgan fingerprint density at radius 1 is 1.04 bits per heavy atom. The van der Waals surface area contributed by atoms with E-state index in [2.05, 4.69) is 30.5 Å². The number of hydrogen-bond donors (Lipinski definition) is 1. The smallest absolute Gasteiger partial charge is 0.156 e. The van der Waals surface area contributed by atoms with Crippen LogP contribution in [0.25, 0.3) is 27.8 Å². The topological polar surface area (TPSA) is 71.2 Å². The molecule has 7 nitrogen and oxygen atoms in total. The third-order valence-corrected chi connectivity index (χ3v) is 5.11. The molecular formula is C20H20FN7. The van der Waals surface area contributed by atoms with Crippen molar-refractivity contribution < 1.29 is 4.39 Å². The number of anilines is 1. The third kappa shape index (κ3) is 2.86. The van der Waals surface area contributed by atoms with Crippen LogP contribution in [-0.4, -0.2) is 51.0 Å². The van der Waals surface area contributed by atoms with E-state index in [4.69, 9.17) is 0 Å². The number of nitrogens with zero attached hydrogens (tertiary/aromatic N) is 6. The second-order valence-electron chi connectivity index (χ2n) is 7.19. The van der Waals surface area contributed by atoms with Crippen LogP contribution in [-0.2, 0) is 0 Å². The molecule has 3 aromatic heterocycles. The highest BCUT2D eigenvalue weighted by Gasteiger charge is 2.16. The Bertz CT molecular complexity index is 1190. The molecule has 0 unspecified atom stereocenters. The normalized spacial score (nSPS) is 14.9. The van der Waals surface area contributed by atoms with Gasteiger partial charge in [-0.25, -0.2) is 13.9 Å².